The van der Waals surface area contributed by atoms with E-state index in [1.807, 2.05) is 6.07 Å². The Morgan fingerprint density at radius 1 is 0.955 bits per heavy atom. The Morgan fingerprint density at radius 2 is 1.55 bits per heavy atom. The molecule has 1 aromatic carbocycles. The molecule has 0 atom stereocenters. The van der Waals surface area contributed by atoms with Crippen LogP contribution in [0.1, 0.15) is 51.4 Å². The quantitative estimate of drug-likeness (QED) is 0.392. The molecule has 0 fully saturated rings. The highest BCUT2D eigenvalue weighted by Crippen LogP contribution is 2.27. The summed E-state index contributed by atoms with van der Waals surface area (Å²) in [5, 5.41) is 0. The average molecular weight is 382 g/mol. The van der Waals surface area contributed by atoms with Gasteiger partial charge in [-0.05, 0) is 47.0 Å². The minimum atomic E-state index is -4.01. The molecule has 0 radical (unpaired) electrons. The molecule has 0 saturated carbocycles. The molecule has 0 saturated heterocycles. The second-order valence-electron chi connectivity index (χ2n) is 5.38. The van der Waals surface area contributed by atoms with Crippen molar-refractivity contribution in [3.05, 3.63) is 22.7 Å². The van der Waals surface area contributed by atoms with Gasteiger partial charge in [-0.15, -0.1) is 0 Å². The number of anilines is 1. The van der Waals surface area contributed by atoms with Gasteiger partial charge in [0, 0.05) is 12.1 Å². The normalized spacial score (nSPS) is 11.6. The molecule has 1 rings (SSSR count). The van der Waals surface area contributed by atoms with Gasteiger partial charge in [0.15, 0.2) is 0 Å². The summed E-state index contributed by atoms with van der Waals surface area (Å²) < 4.78 is 42.3. The molecule has 0 spiro atoms. The van der Waals surface area contributed by atoms with Gasteiger partial charge in [-0.25, -0.2) is 0 Å². The number of halogens is 4. The third-order valence-electron chi connectivity index (χ3n) is 3.32. The third kappa shape index (κ3) is 9.18. The Morgan fingerprint density at radius 3 is 2.14 bits per heavy atom. The van der Waals surface area contributed by atoms with Crippen LogP contribution in [0, 0.1) is 0 Å². The van der Waals surface area contributed by atoms with Gasteiger partial charge in [0.25, 0.3) is 0 Å². The van der Waals surface area contributed by atoms with E-state index < -0.39 is 12.6 Å². The number of nitrogens with two attached hydrogens (primary N) is 1. The Kier molecular flexibility index (Phi) is 8.68. The van der Waals surface area contributed by atoms with E-state index in [1.54, 1.807) is 12.1 Å². The van der Waals surface area contributed by atoms with E-state index in [-0.39, 0.29) is 6.42 Å². The summed E-state index contributed by atoms with van der Waals surface area (Å²) in [4.78, 5) is 0. The van der Waals surface area contributed by atoms with E-state index in [9.17, 15) is 13.2 Å². The van der Waals surface area contributed by atoms with E-state index >= 15 is 0 Å². The summed E-state index contributed by atoms with van der Waals surface area (Å²) in [5.41, 5.74) is 6.33. The Balaban J connectivity index is 1.96. The largest absolute Gasteiger partial charge is 0.492 e. The highest BCUT2D eigenvalue weighted by Gasteiger charge is 2.25. The van der Waals surface area contributed by atoms with Crippen molar-refractivity contribution in [1.29, 1.82) is 0 Å². The standard InChI is InChI=1S/C16H23BrF3NO/c17-14-12-13(21)8-9-15(14)22-11-7-5-3-1-2-4-6-10-16(18,19)20/h8-9,12H,1-7,10-11,21H2. The molecule has 0 aliphatic carbocycles. The fourth-order valence-corrected chi connectivity index (χ4v) is 2.64. The summed E-state index contributed by atoms with van der Waals surface area (Å²) in [6.07, 6.45) is 1.13. The number of hydrogen-bond acceptors (Lipinski definition) is 2. The first-order valence-electron chi connectivity index (χ1n) is 7.63. The van der Waals surface area contributed by atoms with Gasteiger partial charge < -0.3 is 10.5 Å². The minimum Gasteiger partial charge on any atom is -0.492 e. The van der Waals surface area contributed by atoms with E-state index in [0.717, 1.165) is 42.3 Å². The van der Waals surface area contributed by atoms with E-state index in [4.69, 9.17) is 10.5 Å². The van der Waals surface area contributed by atoms with Crippen LogP contribution < -0.4 is 10.5 Å². The number of hydrogen-bond donors (Lipinski definition) is 1. The maximum Gasteiger partial charge on any atom is 0.389 e. The van der Waals surface area contributed by atoms with Crippen molar-refractivity contribution in [3.63, 3.8) is 0 Å². The molecule has 0 aliphatic rings. The lowest BCUT2D eigenvalue weighted by Crippen LogP contribution is -2.06. The molecule has 6 heteroatoms. The lowest BCUT2D eigenvalue weighted by Gasteiger charge is -2.08. The van der Waals surface area contributed by atoms with Crippen LogP contribution >= 0.6 is 15.9 Å². The minimum absolute atomic E-state index is 0.248. The average Bonchev–Trinajstić information content (AvgIpc) is 2.41. The van der Waals surface area contributed by atoms with Crippen molar-refractivity contribution >= 4 is 21.6 Å². The Bertz CT molecular complexity index is 438. The van der Waals surface area contributed by atoms with Crippen LogP contribution in [0.4, 0.5) is 18.9 Å². The molecule has 22 heavy (non-hydrogen) atoms. The first kappa shape index (κ1) is 19.1. The highest BCUT2D eigenvalue weighted by atomic mass is 79.9. The third-order valence-corrected chi connectivity index (χ3v) is 3.94. The molecule has 2 N–H and O–H groups in total. The van der Waals surface area contributed by atoms with Crippen molar-refractivity contribution in [3.8, 4) is 5.75 Å². The van der Waals surface area contributed by atoms with Crippen LogP contribution in [0.15, 0.2) is 22.7 Å². The zero-order valence-electron chi connectivity index (χ0n) is 12.6. The van der Waals surface area contributed by atoms with Crippen LogP contribution in [0.5, 0.6) is 5.75 Å². The van der Waals surface area contributed by atoms with Crippen LogP contribution in [0.3, 0.4) is 0 Å². The SMILES string of the molecule is Nc1ccc(OCCCCCCCCCC(F)(F)F)c(Br)c1. The van der Waals surface area contributed by atoms with E-state index in [2.05, 4.69) is 15.9 Å². The smallest absolute Gasteiger partial charge is 0.389 e. The van der Waals surface area contributed by atoms with E-state index in [0.29, 0.717) is 18.7 Å². The van der Waals surface area contributed by atoms with Crippen LogP contribution in [0.2, 0.25) is 0 Å². The molecule has 126 valence electrons. The Labute approximate surface area is 138 Å². The summed E-state index contributed by atoms with van der Waals surface area (Å²) in [5.74, 6) is 0.779. The van der Waals surface area contributed by atoms with Crippen molar-refractivity contribution in [2.24, 2.45) is 0 Å². The second-order valence-corrected chi connectivity index (χ2v) is 6.23. The first-order chi connectivity index (χ1) is 10.4. The summed E-state index contributed by atoms with van der Waals surface area (Å²) in [6, 6.07) is 5.43. The lowest BCUT2D eigenvalue weighted by molar-refractivity contribution is -0.135. The fourth-order valence-electron chi connectivity index (χ4n) is 2.13. The molecule has 0 heterocycles. The van der Waals surface area contributed by atoms with Gasteiger partial charge in [0.1, 0.15) is 5.75 Å². The van der Waals surface area contributed by atoms with Gasteiger partial charge in [-0.3, -0.25) is 0 Å². The second kappa shape index (κ2) is 9.98. The monoisotopic (exact) mass is 381 g/mol. The lowest BCUT2D eigenvalue weighted by atomic mass is 10.1. The van der Waals surface area contributed by atoms with Gasteiger partial charge in [-0.1, -0.05) is 32.1 Å². The number of benzene rings is 1. The maximum absolute atomic E-state index is 11.9. The van der Waals surface area contributed by atoms with E-state index in [1.165, 1.54) is 0 Å². The molecule has 0 amide bonds. The van der Waals surface area contributed by atoms with Crippen LogP contribution in [0.25, 0.3) is 0 Å². The molecule has 0 bridgehead atoms. The predicted molar refractivity (Wildman–Crippen MR) is 87.0 cm³/mol. The summed E-state index contributed by atoms with van der Waals surface area (Å²) in [7, 11) is 0. The van der Waals surface area contributed by atoms with Crippen molar-refractivity contribution < 1.29 is 17.9 Å². The summed E-state index contributed by atoms with van der Waals surface area (Å²) in [6.45, 7) is 0.636. The van der Waals surface area contributed by atoms with Crippen molar-refractivity contribution in [2.75, 3.05) is 12.3 Å². The molecule has 2 nitrogen and oxygen atoms in total. The molecule has 1 aromatic rings. The molecule has 0 aromatic heterocycles. The first-order valence-corrected chi connectivity index (χ1v) is 8.42. The molecule has 0 unspecified atom stereocenters. The van der Waals surface area contributed by atoms with Gasteiger partial charge >= 0.3 is 6.18 Å². The topological polar surface area (TPSA) is 35.2 Å². The maximum atomic E-state index is 11.9. The van der Waals surface area contributed by atoms with Gasteiger partial charge in [0.05, 0.1) is 11.1 Å². The zero-order valence-corrected chi connectivity index (χ0v) is 14.2. The number of nitrogen functional groups attached to an aromatic ring is 1. The zero-order chi connectivity index (χ0) is 16.4. The van der Waals surface area contributed by atoms with Crippen molar-refractivity contribution in [1.82, 2.24) is 0 Å². The number of alkyl halides is 3. The number of rotatable bonds is 10. The predicted octanol–water partition coefficient (Wildman–Crippen LogP) is 6.09. The van der Waals surface area contributed by atoms with Gasteiger partial charge in [0.2, 0.25) is 0 Å². The molecular formula is C16H23BrF3NO. The van der Waals surface area contributed by atoms with Crippen molar-refractivity contribution in [2.45, 2.75) is 57.5 Å². The summed E-state index contributed by atoms with van der Waals surface area (Å²) >= 11 is 3.39. The number of ether oxygens (including phenoxy) is 1. The number of unbranched alkanes of at least 4 members (excludes halogenated alkanes) is 6. The van der Waals surface area contributed by atoms with Crippen LogP contribution in [-0.2, 0) is 0 Å². The van der Waals surface area contributed by atoms with Gasteiger partial charge in [-0.2, -0.15) is 13.2 Å². The fraction of sp³-hybridized carbons (Fsp3) is 0.625. The van der Waals surface area contributed by atoms with Crippen LogP contribution in [-0.4, -0.2) is 12.8 Å². The molecular weight excluding hydrogens is 359 g/mol. The Hall–Kier alpha value is -0.910. The molecule has 0 aliphatic heterocycles. The highest BCUT2D eigenvalue weighted by molar-refractivity contribution is 9.10.